The minimum absolute atomic E-state index is 0.296. The van der Waals surface area contributed by atoms with E-state index in [1.54, 1.807) is 6.08 Å². The largest absolute Gasteiger partial charge is 0.489 e. The SMILES string of the molecule is CCCCOC(=O)C=Cc1ccc(OCc2ccccc2)c(C)c1C. The van der Waals surface area contributed by atoms with Crippen molar-refractivity contribution in [1.82, 2.24) is 0 Å². The fourth-order valence-electron chi connectivity index (χ4n) is 2.41. The highest BCUT2D eigenvalue weighted by Crippen LogP contribution is 2.26. The predicted molar refractivity (Wildman–Crippen MR) is 102 cm³/mol. The second kappa shape index (κ2) is 9.67. The third-order valence-corrected chi connectivity index (χ3v) is 4.16. The second-order valence-electron chi connectivity index (χ2n) is 6.03. The molecule has 0 heterocycles. The van der Waals surface area contributed by atoms with E-state index in [-0.39, 0.29) is 5.97 Å². The third-order valence-electron chi connectivity index (χ3n) is 4.16. The molecule has 2 aromatic carbocycles. The van der Waals surface area contributed by atoms with Crippen LogP contribution in [0.25, 0.3) is 6.08 Å². The molecule has 0 fully saturated rings. The Morgan fingerprint density at radius 1 is 1.04 bits per heavy atom. The monoisotopic (exact) mass is 338 g/mol. The van der Waals surface area contributed by atoms with Gasteiger partial charge in [-0.15, -0.1) is 0 Å². The average Bonchev–Trinajstić information content (AvgIpc) is 2.63. The molecule has 0 aliphatic rings. The summed E-state index contributed by atoms with van der Waals surface area (Å²) in [6.45, 7) is 7.15. The van der Waals surface area contributed by atoms with Crippen LogP contribution in [0.4, 0.5) is 0 Å². The Kier molecular flexibility index (Phi) is 7.27. The molecule has 0 saturated heterocycles. The number of ether oxygens (including phenoxy) is 2. The van der Waals surface area contributed by atoms with Crippen LogP contribution in [0.3, 0.4) is 0 Å². The molecular weight excluding hydrogens is 312 g/mol. The zero-order valence-corrected chi connectivity index (χ0v) is 15.2. The molecule has 0 atom stereocenters. The first kappa shape index (κ1) is 18.8. The van der Waals surface area contributed by atoms with Crippen LogP contribution in [0.15, 0.2) is 48.5 Å². The first-order valence-corrected chi connectivity index (χ1v) is 8.73. The Labute approximate surface area is 150 Å². The van der Waals surface area contributed by atoms with Crippen molar-refractivity contribution in [3.8, 4) is 5.75 Å². The fourth-order valence-corrected chi connectivity index (χ4v) is 2.41. The lowest BCUT2D eigenvalue weighted by Gasteiger charge is -2.13. The molecule has 2 aromatic rings. The van der Waals surface area contributed by atoms with E-state index >= 15 is 0 Å². The Bertz CT molecular complexity index is 718. The molecule has 0 radical (unpaired) electrons. The molecule has 3 nitrogen and oxygen atoms in total. The molecule has 0 aliphatic heterocycles. The van der Waals surface area contributed by atoms with Crippen LogP contribution in [0.2, 0.25) is 0 Å². The molecule has 0 unspecified atom stereocenters. The van der Waals surface area contributed by atoms with Gasteiger partial charge in [-0.1, -0.05) is 49.7 Å². The van der Waals surface area contributed by atoms with Crippen LogP contribution in [0.5, 0.6) is 5.75 Å². The quantitative estimate of drug-likeness (QED) is 0.375. The van der Waals surface area contributed by atoms with E-state index in [1.165, 1.54) is 6.08 Å². The van der Waals surface area contributed by atoms with Gasteiger partial charge < -0.3 is 9.47 Å². The summed E-state index contributed by atoms with van der Waals surface area (Å²) in [6, 6.07) is 14.0. The van der Waals surface area contributed by atoms with Gasteiger partial charge in [-0.05, 0) is 54.7 Å². The molecular formula is C22H26O3. The smallest absolute Gasteiger partial charge is 0.330 e. The first-order valence-electron chi connectivity index (χ1n) is 8.73. The maximum atomic E-state index is 11.7. The summed E-state index contributed by atoms with van der Waals surface area (Å²) in [5.74, 6) is 0.568. The van der Waals surface area contributed by atoms with Crippen LogP contribution in [0.1, 0.15) is 42.0 Å². The van der Waals surface area contributed by atoms with E-state index < -0.39 is 0 Å². The topological polar surface area (TPSA) is 35.5 Å². The summed E-state index contributed by atoms with van der Waals surface area (Å²) in [7, 11) is 0. The summed E-state index contributed by atoms with van der Waals surface area (Å²) in [5.41, 5.74) is 4.32. The van der Waals surface area contributed by atoms with Gasteiger partial charge in [-0.25, -0.2) is 4.79 Å². The summed E-state index contributed by atoms with van der Waals surface area (Å²) >= 11 is 0. The first-order chi connectivity index (χ1) is 12.1. The highest BCUT2D eigenvalue weighted by molar-refractivity contribution is 5.87. The predicted octanol–water partition coefficient (Wildman–Crippen LogP) is 5.24. The van der Waals surface area contributed by atoms with Gasteiger partial charge in [0.1, 0.15) is 12.4 Å². The molecule has 3 heteroatoms. The van der Waals surface area contributed by atoms with Crippen molar-refractivity contribution >= 4 is 12.0 Å². The van der Waals surface area contributed by atoms with Crippen LogP contribution in [0, 0.1) is 13.8 Å². The van der Waals surface area contributed by atoms with Gasteiger partial charge in [0.25, 0.3) is 0 Å². The van der Waals surface area contributed by atoms with Gasteiger partial charge in [-0.2, -0.15) is 0 Å². The maximum absolute atomic E-state index is 11.7. The zero-order valence-electron chi connectivity index (χ0n) is 15.2. The van der Waals surface area contributed by atoms with E-state index in [1.807, 2.05) is 56.3 Å². The lowest BCUT2D eigenvalue weighted by molar-refractivity contribution is -0.137. The molecule has 0 bridgehead atoms. The van der Waals surface area contributed by atoms with Gasteiger partial charge in [0, 0.05) is 6.08 Å². The highest BCUT2D eigenvalue weighted by atomic mass is 16.5. The Morgan fingerprint density at radius 3 is 2.52 bits per heavy atom. The molecule has 25 heavy (non-hydrogen) atoms. The van der Waals surface area contributed by atoms with E-state index in [9.17, 15) is 4.79 Å². The molecule has 2 rings (SSSR count). The van der Waals surface area contributed by atoms with Crippen molar-refractivity contribution < 1.29 is 14.3 Å². The molecule has 0 aromatic heterocycles. The van der Waals surface area contributed by atoms with Gasteiger partial charge in [0.2, 0.25) is 0 Å². The second-order valence-corrected chi connectivity index (χ2v) is 6.03. The van der Waals surface area contributed by atoms with Gasteiger partial charge in [0.15, 0.2) is 0 Å². The standard InChI is InChI=1S/C22H26O3/c1-4-5-15-24-22(23)14-12-20-11-13-21(18(3)17(20)2)25-16-19-9-7-6-8-10-19/h6-14H,4-5,15-16H2,1-3H3. The zero-order chi connectivity index (χ0) is 18.1. The number of hydrogen-bond donors (Lipinski definition) is 0. The molecule has 0 N–H and O–H groups in total. The number of rotatable bonds is 8. The van der Waals surface area contributed by atoms with Crippen molar-refractivity contribution in [1.29, 1.82) is 0 Å². The number of hydrogen-bond acceptors (Lipinski definition) is 3. The van der Waals surface area contributed by atoms with Crippen LogP contribution in [-0.2, 0) is 16.1 Å². The van der Waals surface area contributed by atoms with E-state index in [0.717, 1.165) is 40.8 Å². The maximum Gasteiger partial charge on any atom is 0.330 e. The molecule has 0 saturated carbocycles. The fraction of sp³-hybridized carbons (Fsp3) is 0.318. The Balaban J connectivity index is 2.00. The number of unbranched alkanes of at least 4 members (excludes halogenated alkanes) is 1. The van der Waals surface area contributed by atoms with Crippen LogP contribution in [-0.4, -0.2) is 12.6 Å². The van der Waals surface area contributed by atoms with E-state index in [2.05, 4.69) is 6.92 Å². The molecule has 132 valence electrons. The number of carbonyl (C=O) groups excluding carboxylic acids is 1. The summed E-state index contributed by atoms with van der Waals surface area (Å²) in [4.78, 5) is 11.7. The van der Waals surface area contributed by atoms with Gasteiger partial charge in [-0.3, -0.25) is 0 Å². The summed E-state index contributed by atoms with van der Waals surface area (Å²) in [6.07, 6.45) is 5.20. The van der Waals surface area contributed by atoms with E-state index in [0.29, 0.717) is 13.2 Å². The summed E-state index contributed by atoms with van der Waals surface area (Å²) < 4.78 is 11.1. The Morgan fingerprint density at radius 2 is 1.80 bits per heavy atom. The number of carbonyl (C=O) groups is 1. The lowest BCUT2D eigenvalue weighted by atomic mass is 10.0. The molecule has 0 aliphatic carbocycles. The third kappa shape index (κ3) is 5.79. The minimum atomic E-state index is -0.296. The molecule has 0 spiro atoms. The number of esters is 1. The van der Waals surface area contributed by atoms with Crippen LogP contribution < -0.4 is 4.74 Å². The number of benzene rings is 2. The van der Waals surface area contributed by atoms with Crippen molar-refractivity contribution in [3.05, 3.63) is 70.8 Å². The average molecular weight is 338 g/mol. The highest BCUT2D eigenvalue weighted by Gasteiger charge is 2.07. The summed E-state index contributed by atoms with van der Waals surface area (Å²) in [5, 5.41) is 0. The van der Waals surface area contributed by atoms with Crippen molar-refractivity contribution in [2.45, 2.75) is 40.2 Å². The van der Waals surface area contributed by atoms with Crippen molar-refractivity contribution in [3.63, 3.8) is 0 Å². The normalized spacial score (nSPS) is 10.8. The Hall–Kier alpha value is -2.55. The molecule has 0 amide bonds. The van der Waals surface area contributed by atoms with Crippen molar-refractivity contribution in [2.75, 3.05) is 6.61 Å². The van der Waals surface area contributed by atoms with Crippen molar-refractivity contribution in [2.24, 2.45) is 0 Å². The van der Waals surface area contributed by atoms with Crippen LogP contribution >= 0.6 is 0 Å². The minimum Gasteiger partial charge on any atom is -0.489 e. The van der Waals surface area contributed by atoms with Gasteiger partial charge in [0.05, 0.1) is 6.61 Å². The lowest BCUT2D eigenvalue weighted by Crippen LogP contribution is -2.02. The van der Waals surface area contributed by atoms with Gasteiger partial charge >= 0.3 is 5.97 Å². The van der Waals surface area contributed by atoms with E-state index in [4.69, 9.17) is 9.47 Å².